The zero-order valence-corrected chi connectivity index (χ0v) is 15.3. The highest BCUT2D eigenvalue weighted by molar-refractivity contribution is 7.90. The quantitative estimate of drug-likeness (QED) is 0.853. The topological polar surface area (TPSA) is 78.5 Å². The summed E-state index contributed by atoms with van der Waals surface area (Å²) in [6, 6.07) is 2.48. The molecule has 1 fully saturated rings. The third kappa shape index (κ3) is 4.88. The number of anilines is 1. The van der Waals surface area contributed by atoms with Gasteiger partial charge >= 0.3 is 6.03 Å². The number of hydrogen-bond donors (Lipinski definition) is 2. The molecule has 25 heavy (non-hydrogen) atoms. The minimum atomic E-state index is -3.44. The van der Waals surface area contributed by atoms with Crippen molar-refractivity contribution in [2.75, 3.05) is 18.4 Å². The van der Waals surface area contributed by atoms with Gasteiger partial charge in [0.15, 0.2) is 11.6 Å². The molecule has 0 radical (unpaired) electrons. The van der Waals surface area contributed by atoms with Crippen molar-refractivity contribution in [3.63, 3.8) is 0 Å². The molecule has 1 heterocycles. The number of halogens is 2. The van der Waals surface area contributed by atoms with Gasteiger partial charge in [-0.15, -0.1) is 0 Å². The molecular formula is C16H23F2N3O3S. The normalized spacial score (nSPS) is 16.8. The number of carbonyl (C=O) groups is 1. The lowest BCUT2D eigenvalue weighted by molar-refractivity contribution is 0.193. The number of nitrogens with zero attached hydrogens (tertiary/aromatic N) is 1. The second kappa shape index (κ2) is 7.25. The number of rotatable bonds is 3. The molecule has 1 saturated heterocycles. The second-order valence-corrected chi connectivity index (χ2v) is 9.52. The summed E-state index contributed by atoms with van der Waals surface area (Å²) < 4.78 is 52.2. The van der Waals surface area contributed by atoms with Gasteiger partial charge in [-0.05, 0) is 45.7 Å². The number of nitrogens with one attached hydrogen (secondary N) is 2. The molecule has 2 N–H and O–H groups in total. The van der Waals surface area contributed by atoms with Gasteiger partial charge in [-0.1, -0.05) is 0 Å². The van der Waals surface area contributed by atoms with Crippen LogP contribution in [0.5, 0.6) is 0 Å². The summed E-state index contributed by atoms with van der Waals surface area (Å²) >= 11 is 0. The second-order valence-electron chi connectivity index (χ2n) is 7.05. The van der Waals surface area contributed by atoms with Crippen LogP contribution in [-0.2, 0) is 10.0 Å². The van der Waals surface area contributed by atoms with Gasteiger partial charge in [0.05, 0.1) is 4.75 Å². The van der Waals surface area contributed by atoms with Crippen molar-refractivity contribution in [3.05, 3.63) is 29.8 Å². The van der Waals surface area contributed by atoms with E-state index in [0.717, 1.165) is 12.1 Å². The summed E-state index contributed by atoms with van der Waals surface area (Å²) in [5.74, 6) is -2.02. The van der Waals surface area contributed by atoms with Crippen LogP contribution in [0.2, 0.25) is 0 Å². The highest BCUT2D eigenvalue weighted by Gasteiger charge is 2.33. The van der Waals surface area contributed by atoms with Crippen molar-refractivity contribution < 1.29 is 22.0 Å². The number of likely N-dealkylation sites (tertiary alicyclic amines) is 1. The van der Waals surface area contributed by atoms with E-state index in [0.29, 0.717) is 25.9 Å². The summed E-state index contributed by atoms with van der Waals surface area (Å²) in [6.07, 6.45) is 0.973. The summed E-state index contributed by atoms with van der Waals surface area (Å²) in [5, 5.41) is 2.51. The van der Waals surface area contributed by atoms with E-state index in [1.54, 1.807) is 20.8 Å². The number of urea groups is 1. The Balaban J connectivity index is 1.89. The molecule has 0 spiro atoms. The van der Waals surface area contributed by atoms with Crippen LogP contribution in [-0.4, -0.2) is 43.2 Å². The Kier molecular flexibility index (Phi) is 5.68. The maximum Gasteiger partial charge on any atom is 0.321 e. The summed E-state index contributed by atoms with van der Waals surface area (Å²) in [7, 11) is -3.44. The van der Waals surface area contributed by atoms with E-state index in [2.05, 4.69) is 10.0 Å². The number of hydrogen-bond acceptors (Lipinski definition) is 3. The highest BCUT2D eigenvalue weighted by atomic mass is 32.2. The van der Waals surface area contributed by atoms with Gasteiger partial charge < -0.3 is 10.2 Å². The van der Waals surface area contributed by atoms with Crippen LogP contribution < -0.4 is 10.0 Å². The molecule has 2 amide bonds. The third-order valence-electron chi connectivity index (χ3n) is 4.08. The van der Waals surface area contributed by atoms with E-state index in [1.165, 1.54) is 11.0 Å². The van der Waals surface area contributed by atoms with Crippen molar-refractivity contribution in [1.29, 1.82) is 0 Å². The first-order valence-corrected chi connectivity index (χ1v) is 9.51. The lowest BCUT2D eigenvalue weighted by atomic mass is 10.1. The predicted octanol–water partition coefficient (Wildman–Crippen LogP) is 2.68. The molecular weight excluding hydrogens is 352 g/mol. The Morgan fingerprint density at radius 1 is 1.16 bits per heavy atom. The molecule has 6 nitrogen and oxygen atoms in total. The Bertz CT molecular complexity index is 739. The van der Waals surface area contributed by atoms with Crippen LogP contribution in [0.4, 0.5) is 19.3 Å². The third-order valence-corrected chi connectivity index (χ3v) is 6.34. The lowest BCUT2D eigenvalue weighted by Gasteiger charge is -2.33. The number of carbonyl (C=O) groups excluding carboxylic acids is 1. The molecule has 1 aromatic rings. The number of sulfonamides is 1. The summed E-state index contributed by atoms with van der Waals surface area (Å²) in [6.45, 7) is 5.61. The van der Waals surface area contributed by atoms with E-state index < -0.39 is 32.4 Å². The molecule has 1 aliphatic heterocycles. The highest BCUT2D eigenvalue weighted by Crippen LogP contribution is 2.19. The summed E-state index contributed by atoms with van der Waals surface area (Å²) in [5.41, 5.74) is 0.166. The Morgan fingerprint density at radius 2 is 1.76 bits per heavy atom. The molecule has 2 rings (SSSR count). The monoisotopic (exact) mass is 375 g/mol. The first kappa shape index (κ1) is 19.6. The number of benzene rings is 1. The van der Waals surface area contributed by atoms with Crippen LogP contribution in [0, 0.1) is 11.6 Å². The maximum absolute atomic E-state index is 13.2. The van der Waals surface area contributed by atoms with E-state index >= 15 is 0 Å². The van der Waals surface area contributed by atoms with Gasteiger partial charge in [-0.25, -0.2) is 26.7 Å². The van der Waals surface area contributed by atoms with Crippen LogP contribution in [0.15, 0.2) is 18.2 Å². The van der Waals surface area contributed by atoms with Crippen LogP contribution >= 0.6 is 0 Å². The smallest absolute Gasteiger partial charge is 0.321 e. The minimum absolute atomic E-state index is 0.166. The van der Waals surface area contributed by atoms with E-state index in [9.17, 15) is 22.0 Å². The van der Waals surface area contributed by atoms with Gasteiger partial charge in [0.25, 0.3) is 0 Å². The molecule has 0 unspecified atom stereocenters. The minimum Gasteiger partial charge on any atom is -0.324 e. The first-order valence-electron chi connectivity index (χ1n) is 8.02. The van der Waals surface area contributed by atoms with Crippen molar-refractivity contribution in [3.8, 4) is 0 Å². The van der Waals surface area contributed by atoms with Gasteiger partial charge in [-0.2, -0.15) is 0 Å². The first-order chi connectivity index (χ1) is 11.5. The van der Waals surface area contributed by atoms with Crippen LogP contribution in [0.25, 0.3) is 0 Å². The number of amides is 2. The lowest BCUT2D eigenvalue weighted by Crippen LogP contribution is -2.50. The molecule has 1 aromatic carbocycles. The van der Waals surface area contributed by atoms with Crippen molar-refractivity contribution in [2.24, 2.45) is 0 Å². The van der Waals surface area contributed by atoms with Gasteiger partial charge in [0, 0.05) is 30.9 Å². The van der Waals surface area contributed by atoms with Crippen molar-refractivity contribution in [1.82, 2.24) is 9.62 Å². The zero-order chi connectivity index (χ0) is 18.8. The molecule has 0 aromatic heterocycles. The van der Waals surface area contributed by atoms with Gasteiger partial charge in [-0.3, -0.25) is 0 Å². The fraction of sp³-hybridized carbons (Fsp3) is 0.562. The van der Waals surface area contributed by atoms with Crippen molar-refractivity contribution >= 4 is 21.7 Å². The fourth-order valence-electron chi connectivity index (χ4n) is 2.37. The predicted molar refractivity (Wildman–Crippen MR) is 91.8 cm³/mol. The van der Waals surface area contributed by atoms with E-state index in [1.807, 2.05) is 0 Å². The summed E-state index contributed by atoms with van der Waals surface area (Å²) in [4.78, 5) is 13.7. The average molecular weight is 375 g/mol. The fourth-order valence-corrected chi connectivity index (χ4v) is 3.40. The molecule has 9 heteroatoms. The SMILES string of the molecule is CC(C)(C)S(=O)(=O)NC1CCN(C(=O)Nc2ccc(F)c(F)c2)CC1. The molecule has 0 saturated carbocycles. The van der Waals surface area contributed by atoms with E-state index in [4.69, 9.17) is 0 Å². The Hall–Kier alpha value is -1.74. The Labute approximate surface area is 146 Å². The van der Waals surface area contributed by atoms with Crippen LogP contribution in [0.3, 0.4) is 0 Å². The van der Waals surface area contributed by atoms with E-state index in [-0.39, 0.29) is 11.7 Å². The largest absolute Gasteiger partial charge is 0.324 e. The van der Waals surface area contributed by atoms with Gasteiger partial charge in [0.2, 0.25) is 10.0 Å². The standard InChI is InChI=1S/C16H23F2N3O3S/c1-16(2,3)25(23,24)20-11-6-8-21(9-7-11)15(22)19-12-4-5-13(17)14(18)10-12/h4-5,10-11,20H,6-9H2,1-3H3,(H,19,22). The molecule has 1 aliphatic rings. The molecule has 140 valence electrons. The maximum atomic E-state index is 13.2. The Morgan fingerprint density at radius 3 is 2.28 bits per heavy atom. The van der Waals surface area contributed by atoms with Gasteiger partial charge in [0.1, 0.15) is 0 Å². The molecule has 0 bridgehead atoms. The number of piperidine rings is 1. The van der Waals surface area contributed by atoms with Crippen LogP contribution in [0.1, 0.15) is 33.6 Å². The molecule has 0 atom stereocenters. The zero-order valence-electron chi connectivity index (χ0n) is 14.5. The average Bonchev–Trinajstić information content (AvgIpc) is 2.50. The molecule has 0 aliphatic carbocycles. The van der Waals surface area contributed by atoms with Crippen molar-refractivity contribution in [2.45, 2.75) is 44.4 Å².